The topological polar surface area (TPSA) is 76.1 Å². The largest absolute Gasteiger partial charge is 0.507 e. The second-order valence-electron chi connectivity index (χ2n) is 11.7. The number of aliphatic hydroxyl groups is 1. The Labute approximate surface area is 243 Å². The number of hydrogen-bond donors (Lipinski definition) is 1. The molecule has 4 rings (SSSR count). The van der Waals surface area contributed by atoms with Crippen LogP contribution in [0.15, 0.2) is 72.3 Å². The van der Waals surface area contributed by atoms with Gasteiger partial charge in [0.1, 0.15) is 17.3 Å². The van der Waals surface area contributed by atoms with E-state index in [2.05, 4.69) is 20.8 Å². The van der Waals surface area contributed by atoms with Crippen molar-refractivity contribution in [3.63, 3.8) is 0 Å². The minimum Gasteiger partial charge on any atom is -0.507 e. The SMILES string of the molecule is CCOc1cccc(CN2C(=O)C(=O)/C(=C(\O)c3ccc(OCC)c(C(C)C)c3)C2c2ccc(C(C)(C)C)cc2)c1. The van der Waals surface area contributed by atoms with Crippen LogP contribution < -0.4 is 9.47 Å². The van der Waals surface area contributed by atoms with Crippen LogP contribution in [0.5, 0.6) is 11.5 Å². The molecule has 1 fully saturated rings. The van der Waals surface area contributed by atoms with Gasteiger partial charge in [0.25, 0.3) is 11.7 Å². The van der Waals surface area contributed by atoms with Crippen LogP contribution in [-0.2, 0) is 21.5 Å². The molecule has 1 aliphatic heterocycles. The Morgan fingerprint density at radius 3 is 2.22 bits per heavy atom. The van der Waals surface area contributed by atoms with E-state index < -0.39 is 17.7 Å². The fourth-order valence-corrected chi connectivity index (χ4v) is 5.24. The molecular weight excluding hydrogens is 514 g/mol. The molecule has 1 unspecified atom stereocenters. The molecule has 0 bridgehead atoms. The predicted molar refractivity (Wildman–Crippen MR) is 162 cm³/mol. The number of likely N-dealkylation sites (tertiary alicyclic amines) is 1. The summed E-state index contributed by atoms with van der Waals surface area (Å²) in [6, 6.07) is 20.1. The Morgan fingerprint density at radius 2 is 1.61 bits per heavy atom. The number of carbonyl (C=O) groups is 2. The van der Waals surface area contributed by atoms with Crippen LogP contribution in [-0.4, -0.2) is 34.9 Å². The molecule has 1 amide bonds. The lowest BCUT2D eigenvalue weighted by Crippen LogP contribution is -2.29. The molecule has 0 saturated carbocycles. The average molecular weight is 556 g/mol. The second-order valence-corrected chi connectivity index (χ2v) is 11.7. The molecule has 0 aromatic heterocycles. The molecule has 1 saturated heterocycles. The van der Waals surface area contributed by atoms with Gasteiger partial charge in [0.05, 0.1) is 24.8 Å². The highest BCUT2D eigenvalue weighted by molar-refractivity contribution is 6.46. The quantitative estimate of drug-likeness (QED) is 0.168. The third-order valence-corrected chi connectivity index (χ3v) is 7.40. The summed E-state index contributed by atoms with van der Waals surface area (Å²) in [5.74, 6) is 0.0294. The second kappa shape index (κ2) is 12.2. The van der Waals surface area contributed by atoms with Crippen LogP contribution >= 0.6 is 0 Å². The summed E-state index contributed by atoms with van der Waals surface area (Å²) in [6.45, 7) is 15.6. The maximum atomic E-state index is 13.6. The third-order valence-electron chi connectivity index (χ3n) is 7.40. The van der Waals surface area contributed by atoms with Crippen molar-refractivity contribution in [2.24, 2.45) is 0 Å². The maximum absolute atomic E-state index is 13.6. The first kappa shape index (κ1) is 29.9. The van der Waals surface area contributed by atoms with Gasteiger partial charge in [0.2, 0.25) is 0 Å². The number of ketones is 1. The van der Waals surface area contributed by atoms with E-state index in [1.165, 1.54) is 0 Å². The molecule has 6 heteroatoms. The highest BCUT2D eigenvalue weighted by Gasteiger charge is 2.46. The molecule has 216 valence electrons. The van der Waals surface area contributed by atoms with Crippen molar-refractivity contribution in [1.82, 2.24) is 4.90 Å². The molecule has 0 aliphatic carbocycles. The van der Waals surface area contributed by atoms with E-state index in [1.54, 1.807) is 11.0 Å². The minimum absolute atomic E-state index is 0.0599. The van der Waals surface area contributed by atoms with Gasteiger partial charge in [-0.05, 0) is 77.8 Å². The molecule has 3 aromatic carbocycles. The van der Waals surface area contributed by atoms with Gasteiger partial charge in [-0.2, -0.15) is 0 Å². The number of nitrogens with zero attached hydrogens (tertiary/aromatic N) is 1. The molecule has 1 atom stereocenters. The van der Waals surface area contributed by atoms with Crippen molar-refractivity contribution < 1.29 is 24.2 Å². The maximum Gasteiger partial charge on any atom is 0.295 e. The lowest BCUT2D eigenvalue weighted by Gasteiger charge is -2.27. The average Bonchev–Trinajstić information content (AvgIpc) is 3.18. The van der Waals surface area contributed by atoms with Crippen LogP contribution in [0.1, 0.15) is 88.2 Å². The van der Waals surface area contributed by atoms with Crippen molar-refractivity contribution in [1.29, 1.82) is 0 Å². The zero-order valence-electron chi connectivity index (χ0n) is 25.2. The van der Waals surface area contributed by atoms with Crippen LogP contribution in [0.25, 0.3) is 5.76 Å². The van der Waals surface area contributed by atoms with Gasteiger partial charge in [-0.1, -0.05) is 71.0 Å². The van der Waals surface area contributed by atoms with E-state index in [-0.39, 0.29) is 29.2 Å². The van der Waals surface area contributed by atoms with Crippen LogP contribution in [0, 0.1) is 0 Å². The summed E-state index contributed by atoms with van der Waals surface area (Å²) in [5, 5.41) is 11.7. The molecule has 41 heavy (non-hydrogen) atoms. The highest BCUT2D eigenvalue weighted by Crippen LogP contribution is 2.42. The van der Waals surface area contributed by atoms with E-state index in [1.807, 2.05) is 88.4 Å². The molecule has 1 N–H and O–H groups in total. The summed E-state index contributed by atoms with van der Waals surface area (Å²) >= 11 is 0. The van der Waals surface area contributed by atoms with E-state index >= 15 is 0 Å². The molecule has 0 spiro atoms. The Balaban J connectivity index is 1.86. The fraction of sp³-hybridized carbons (Fsp3) is 0.371. The van der Waals surface area contributed by atoms with Gasteiger partial charge in [-0.25, -0.2) is 0 Å². The lowest BCUT2D eigenvalue weighted by atomic mass is 9.85. The summed E-state index contributed by atoms with van der Waals surface area (Å²) in [6.07, 6.45) is 0. The van der Waals surface area contributed by atoms with Gasteiger partial charge in [-0.15, -0.1) is 0 Å². The van der Waals surface area contributed by atoms with Crippen molar-refractivity contribution in [3.8, 4) is 11.5 Å². The summed E-state index contributed by atoms with van der Waals surface area (Å²) in [7, 11) is 0. The Hall–Kier alpha value is -4.06. The van der Waals surface area contributed by atoms with Gasteiger partial charge in [0, 0.05) is 12.1 Å². The third kappa shape index (κ3) is 6.32. The number of ether oxygens (including phenoxy) is 2. The lowest BCUT2D eigenvalue weighted by molar-refractivity contribution is -0.140. The standard InChI is InChI=1S/C35H41NO5/c1-8-40-27-12-10-11-23(19-27)21-36-31(24-13-16-26(17-14-24)35(5,6)7)30(33(38)34(36)39)32(37)25-15-18-29(41-9-2)28(20-25)22(3)4/h10-20,22,31,37H,8-9,21H2,1-7H3/b32-30-. The van der Waals surface area contributed by atoms with Crippen molar-refractivity contribution >= 4 is 17.4 Å². The Kier molecular flexibility index (Phi) is 8.91. The molecule has 6 nitrogen and oxygen atoms in total. The normalized spacial score (nSPS) is 16.9. The van der Waals surface area contributed by atoms with Crippen LogP contribution in [0.2, 0.25) is 0 Å². The Morgan fingerprint density at radius 1 is 0.927 bits per heavy atom. The van der Waals surface area contributed by atoms with E-state index in [9.17, 15) is 14.7 Å². The number of carbonyl (C=O) groups excluding carboxylic acids is 2. The summed E-state index contributed by atoms with van der Waals surface area (Å²) in [5.41, 5.74) is 4.14. The number of aliphatic hydroxyl groups excluding tert-OH is 1. The van der Waals surface area contributed by atoms with E-state index in [0.29, 0.717) is 24.5 Å². The van der Waals surface area contributed by atoms with Crippen molar-refractivity contribution in [3.05, 3.63) is 100 Å². The molecule has 0 radical (unpaired) electrons. The molecular formula is C35H41NO5. The van der Waals surface area contributed by atoms with Gasteiger partial charge >= 0.3 is 0 Å². The first-order valence-corrected chi connectivity index (χ1v) is 14.3. The van der Waals surface area contributed by atoms with Gasteiger partial charge < -0.3 is 19.5 Å². The molecule has 3 aromatic rings. The zero-order chi connectivity index (χ0) is 29.9. The number of amides is 1. The number of benzene rings is 3. The number of Topliss-reactive ketones (excluding diaryl/α,β-unsaturated/α-hetero) is 1. The molecule has 1 aliphatic rings. The van der Waals surface area contributed by atoms with Gasteiger partial charge in [-0.3, -0.25) is 9.59 Å². The first-order chi connectivity index (χ1) is 19.5. The highest BCUT2D eigenvalue weighted by atomic mass is 16.5. The van der Waals surface area contributed by atoms with Crippen LogP contribution in [0.4, 0.5) is 0 Å². The van der Waals surface area contributed by atoms with Crippen LogP contribution in [0.3, 0.4) is 0 Å². The molecule has 1 heterocycles. The summed E-state index contributed by atoms with van der Waals surface area (Å²) < 4.78 is 11.5. The number of hydrogen-bond acceptors (Lipinski definition) is 5. The zero-order valence-corrected chi connectivity index (χ0v) is 25.2. The minimum atomic E-state index is -0.756. The van der Waals surface area contributed by atoms with Crippen molar-refractivity contribution in [2.45, 2.75) is 72.4 Å². The van der Waals surface area contributed by atoms with E-state index in [4.69, 9.17) is 9.47 Å². The van der Waals surface area contributed by atoms with Crippen molar-refractivity contribution in [2.75, 3.05) is 13.2 Å². The monoisotopic (exact) mass is 555 g/mol. The predicted octanol–water partition coefficient (Wildman–Crippen LogP) is 7.53. The van der Waals surface area contributed by atoms with E-state index in [0.717, 1.165) is 28.0 Å². The first-order valence-electron chi connectivity index (χ1n) is 14.3. The fourth-order valence-electron chi connectivity index (χ4n) is 5.24. The number of rotatable bonds is 9. The smallest absolute Gasteiger partial charge is 0.295 e. The summed E-state index contributed by atoms with van der Waals surface area (Å²) in [4.78, 5) is 28.7. The van der Waals surface area contributed by atoms with Gasteiger partial charge in [0.15, 0.2) is 0 Å². The Bertz CT molecular complexity index is 1450.